The fraction of sp³-hybridized carbons (Fsp3) is 0.368. The van der Waals surface area contributed by atoms with Gasteiger partial charge < -0.3 is 9.84 Å². The largest absolute Gasteiger partial charge is 0.505 e. The van der Waals surface area contributed by atoms with Crippen LogP contribution in [0.25, 0.3) is 16.7 Å². The Morgan fingerprint density at radius 2 is 1.92 bits per heavy atom. The van der Waals surface area contributed by atoms with E-state index in [4.69, 9.17) is 16.3 Å². The molecule has 0 spiro atoms. The Bertz CT molecular complexity index is 890. The van der Waals surface area contributed by atoms with Crippen LogP contribution in [0.15, 0.2) is 30.3 Å². The van der Waals surface area contributed by atoms with Gasteiger partial charge in [0.15, 0.2) is 0 Å². The zero-order valence-electron chi connectivity index (χ0n) is 14.7. The topological polar surface area (TPSA) is 60.2 Å². The number of nitrogens with zero attached hydrogens (tertiary/aromatic N) is 3. The third kappa shape index (κ3) is 4.11. The average Bonchev–Trinajstić information content (AvgIpc) is 2.96. The molecular weight excluding hydrogens is 338 g/mol. The van der Waals surface area contributed by atoms with E-state index in [1.54, 1.807) is 12.1 Å². The van der Waals surface area contributed by atoms with Crippen LogP contribution < -0.4 is 0 Å². The van der Waals surface area contributed by atoms with Crippen molar-refractivity contribution in [1.82, 2.24) is 15.0 Å². The first-order valence-corrected chi connectivity index (χ1v) is 8.75. The van der Waals surface area contributed by atoms with Gasteiger partial charge in [-0.05, 0) is 55.2 Å². The van der Waals surface area contributed by atoms with Crippen molar-refractivity contribution < 1.29 is 9.84 Å². The molecule has 1 aromatic heterocycles. The average molecular weight is 360 g/mol. The Balaban J connectivity index is 1.90. The summed E-state index contributed by atoms with van der Waals surface area (Å²) >= 11 is 6.01. The summed E-state index contributed by atoms with van der Waals surface area (Å²) in [7, 11) is 0. The van der Waals surface area contributed by atoms with E-state index in [1.807, 2.05) is 25.1 Å². The van der Waals surface area contributed by atoms with Crippen molar-refractivity contribution in [3.05, 3.63) is 46.5 Å². The highest BCUT2D eigenvalue weighted by Gasteiger charge is 2.14. The van der Waals surface area contributed by atoms with Gasteiger partial charge in [-0.3, -0.25) is 0 Å². The molecule has 0 amide bonds. The number of halogens is 1. The Morgan fingerprint density at radius 3 is 2.68 bits per heavy atom. The van der Waals surface area contributed by atoms with Crippen LogP contribution in [-0.2, 0) is 11.3 Å². The van der Waals surface area contributed by atoms with Gasteiger partial charge >= 0.3 is 0 Å². The van der Waals surface area contributed by atoms with Gasteiger partial charge in [-0.25, -0.2) is 0 Å². The van der Waals surface area contributed by atoms with E-state index >= 15 is 0 Å². The molecule has 3 rings (SSSR count). The Labute approximate surface area is 152 Å². The van der Waals surface area contributed by atoms with E-state index in [0.717, 1.165) is 23.1 Å². The standard InChI is InChI=1S/C19H22ClN3O2/c1-12(2)6-7-25-11-14-8-13(3)9-18(19(14)24)23-21-16-5-4-15(20)10-17(16)22-23/h4-5,8-10,12,24H,6-7,11H2,1-3H3. The maximum Gasteiger partial charge on any atom is 0.148 e. The molecule has 0 radical (unpaired) electrons. The molecule has 1 heterocycles. The van der Waals surface area contributed by atoms with E-state index in [-0.39, 0.29) is 5.75 Å². The predicted octanol–water partition coefficient (Wildman–Crippen LogP) is 4.65. The van der Waals surface area contributed by atoms with Crippen molar-refractivity contribution in [2.75, 3.05) is 6.61 Å². The van der Waals surface area contributed by atoms with Gasteiger partial charge in [-0.15, -0.1) is 15.0 Å². The molecule has 0 bridgehead atoms. The molecule has 25 heavy (non-hydrogen) atoms. The SMILES string of the molecule is Cc1cc(COCCC(C)C)c(O)c(-n2nc3ccc(Cl)cc3n2)c1. The van der Waals surface area contributed by atoms with E-state index in [0.29, 0.717) is 35.4 Å². The Morgan fingerprint density at radius 1 is 1.16 bits per heavy atom. The van der Waals surface area contributed by atoms with Crippen LogP contribution in [-0.4, -0.2) is 26.7 Å². The van der Waals surface area contributed by atoms with Crippen LogP contribution in [0.3, 0.4) is 0 Å². The van der Waals surface area contributed by atoms with Crippen molar-refractivity contribution in [3.63, 3.8) is 0 Å². The summed E-state index contributed by atoms with van der Waals surface area (Å²) in [6.07, 6.45) is 0.992. The second-order valence-electron chi connectivity index (χ2n) is 6.65. The molecule has 0 aliphatic heterocycles. The second-order valence-corrected chi connectivity index (χ2v) is 7.09. The number of fused-ring (bicyclic) bond motifs is 1. The number of hydrogen-bond donors (Lipinski definition) is 1. The molecule has 0 aliphatic rings. The first-order valence-electron chi connectivity index (χ1n) is 8.37. The van der Waals surface area contributed by atoms with Crippen molar-refractivity contribution in [2.24, 2.45) is 5.92 Å². The molecule has 0 atom stereocenters. The van der Waals surface area contributed by atoms with E-state index in [2.05, 4.69) is 24.0 Å². The molecule has 1 N–H and O–H groups in total. The van der Waals surface area contributed by atoms with E-state index in [1.165, 1.54) is 4.80 Å². The van der Waals surface area contributed by atoms with E-state index < -0.39 is 0 Å². The Kier molecular flexibility index (Phi) is 5.25. The molecule has 132 valence electrons. The molecule has 3 aromatic rings. The quantitative estimate of drug-likeness (QED) is 0.651. The van der Waals surface area contributed by atoms with Gasteiger partial charge in [-0.2, -0.15) is 0 Å². The number of hydrogen-bond acceptors (Lipinski definition) is 4. The summed E-state index contributed by atoms with van der Waals surface area (Å²) < 4.78 is 5.70. The maximum atomic E-state index is 10.6. The normalized spacial score (nSPS) is 11.6. The fourth-order valence-electron chi connectivity index (χ4n) is 2.59. The molecule has 6 heteroatoms. The van der Waals surface area contributed by atoms with Crippen LogP contribution in [0.5, 0.6) is 5.75 Å². The third-order valence-corrected chi connectivity index (χ3v) is 4.20. The van der Waals surface area contributed by atoms with Gasteiger partial charge in [0.05, 0.1) is 6.61 Å². The smallest absolute Gasteiger partial charge is 0.148 e. The van der Waals surface area contributed by atoms with Crippen LogP contribution in [0.1, 0.15) is 31.4 Å². The number of phenolic OH excluding ortho intramolecular Hbond substituents is 1. The van der Waals surface area contributed by atoms with Gasteiger partial charge in [0.25, 0.3) is 0 Å². The summed E-state index contributed by atoms with van der Waals surface area (Å²) in [6.45, 7) is 7.32. The predicted molar refractivity (Wildman–Crippen MR) is 99.4 cm³/mol. The summed E-state index contributed by atoms with van der Waals surface area (Å²) in [5.41, 5.74) is 3.69. The van der Waals surface area contributed by atoms with Gasteiger partial charge in [-0.1, -0.05) is 25.4 Å². The number of ether oxygens (including phenoxy) is 1. The first-order chi connectivity index (χ1) is 11.9. The number of benzene rings is 2. The Hall–Kier alpha value is -2.11. The molecule has 0 saturated heterocycles. The van der Waals surface area contributed by atoms with Crippen molar-refractivity contribution in [2.45, 2.75) is 33.8 Å². The summed E-state index contributed by atoms with van der Waals surface area (Å²) in [6, 6.07) is 9.11. The van der Waals surface area contributed by atoms with Gasteiger partial charge in [0.2, 0.25) is 0 Å². The van der Waals surface area contributed by atoms with Crippen molar-refractivity contribution >= 4 is 22.6 Å². The molecule has 0 unspecified atom stereocenters. The fourth-order valence-corrected chi connectivity index (χ4v) is 2.76. The lowest BCUT2D eigenvalue weighted by molar-refractivity contribution is 0.109. The van der Waals surface area contributed by atoms with Crippen molar-refractivity contribution in [3.8, 4) is 11.4 Å². The zero-order chi connectivity index (χ0) is 18.0. The van der Waals surface area contributed by atoms with Crippen LogP contribution >= 0.6 is 11.6 Å². The van der Waals surface area contributed by atoms with Crippen LogP contribution in [0.2, 0.25) is 5.02 Å². The van der Waals surface area contributed by atoms with Gasteiger partial charge in [0, 0.05) is 17.2 Å². The lowest BCUT2D eigenvalue weighted by Crippen LogP contribution is -2.04. The first kappa shape index (κ1) is 17.7. The number of aromatic hydroxyl groups is 1. The van der Waals surface area contributed by atoms with Crippen molar-refractivity contribution in [1.29, 1.82) is 0 Å². The molecule has 5 nitrogen and oxygen atoms in total. The second kappa shape index (κ2) is 7.42. The summed E-state index contributed by atoms with van der Waals surface area (Å²) in [5.74, 6) is 0.732. The zero-order valence-corrected chi connectivity index (χ0v) is 15.4. The number of rotatable bonds is 6. The minimum absolute atomic E-state index is 0.140. The van der Waals surface area contributed by atoms with Gasteiger partial charge in [0.1, 0.15) is 22.5 Å². The molecule has 0 saturated carbocycles. The third-order valence-electron chi connectivity index (χ3n) is 3.97. The minimum Gasteiger partial charge on any atom is -0.505 e. The number of phenols is 1. The highest BCUT2D eigenvalue weighted by atomic mass is 35.5. The molecular formula is C19H22ClN3O2. The highest BCUT2D eigenvalue weighted by molar-refractivity contribution is 6.31. The minimum atomic E-state index is 0.140. The van der Waals surface area contributed by atoms with Crippen LogP contribution in [0.4, 0.5) is 0 Å². The lowest BCUT2D eigenvalue weighted by atomic mass is 10.1. The lowest BCUT2D eigenvalue weighted by Gasteiger charge is -2.12. The molecule has 2 aromatic carbocycles. The monoisotopic (exact) mass is 359 g/mol. The summed E-state index contributed by atoms with van der Waals surface area (Å²) in [5, 5.41) is 20.1. The summed E-state index contributed by atoms with van der Waals surface area (Å²) in [4.78, 5) is 1.45. The van der Waals surface area contributed by atoms with E-state index in [9.17, 15) is 5.11 Å². The molecule has 0 fully saturated rings. The number of aromatic nitrogens is 3. The number of aryl methyl sites for hydroxylation is 1. The highest BCUT2D eigenvalue weighted by Crippen LogP contribution is 2.29. The van der Waals surface area contributed by atoms with Crippen LogP contribution in [0, 0.1) is 12.8 Å². The maximum absolute atomic E-state index is 10.6. The molecule has 0 aliphatic carbocycles.